The van der Waals surface area contributed by atoms with Gasteiger partial charge in [-0.25, -0.2) is 5.43 Å². The van der Waals surface area contributed by atoms with Gasteiger partial charge in [0.2, 0.25) is 17.8 Å². The second kappa shape index (κ2) is 11.4. The summed E-state index contributed by atoms with van der Waals surface area (Å²) >= 11 is 0. The number of morpholine rings is 2. The first-order chi connectivity index (χ1) is 15.0. The molecule has 0 unspecified atom stereocenters. The maximum atomic E-state index is 9.94. The SMILES string of the molecule is OC[C@H](O)[C@H](O)[C@H](O)[C@@H](O)/C=N\Nc1nc(N2CCOCC2)nc(N2CCOCC2)n1. The minimum absolute atomic E-state index is 0.131. The molecule has 0 aromatic carbocycles. The molecule has 0 aliphatic carbocycles. The molecule has 31 heavy (non-hydrogen) atoms. The molecular weight excluding hydrogens is 414 g/mol. The van der Waals surface area contributed by atoms with Crippen molar-refractivity contribution in [2.45, 2.75) is 24.4 Å². The van der Waals surface area contributed by atoms with Crippen LogP contribution < -0.4 is 15.2 Å². The Morgan fingerprint density at radius 2 is 1.39 bits per heavy atom. The number of nitrogens with one attached hydrogen (secondary N) is 1. The molecular formula is C17H29N7O7. The number of anilines is 3. The maximum absolute atomic E-state index is 9.94. The van der Waals surface area contributed by atoms with E-state index < -0.39 is 31.0 Å². The summed E-state index contributed by atoms with van der Waals surface area (Å²) in [5.74, 6) is 1.05. The van der Waals surface area contributed by atoms with Gasteiger partial charge in [-0.15, -0.1) is 0 Å². The van der Waals surface area contributed by atoms with Crippen molar-refractivity contribution in [1.29, 1.82) is 0 Å². The molecule has 3 heterocycles. The minimum atomic E-state index is -1.75. The second-order valence-corrected chi connectivity index (χ2v) is 7.07. The van der Waals surface area contributed by atoms with Crippen molar-refractivity contribution in [3.8, 4) is 0 Å². The number of hydrazone groups is 1. The van der Waals surface area contributed by atoms with Crippen LogP contribution in [0.15, 0.2) is 5.10 Å². The van der Waals surface area contributed by atoms with E-state index in [2.05, 4.69) is 25.5 Å². The highest BCUT2D eigenvalue weighted by Gasteiger charge is 2.29. The first kappa shape index (κ1) is 23.5. The molecule has 0 spiro atoms. The fraction of sp³-hybridized carbons (Fsp3) is 0.765. The van der Waals surface area contributed by atoms with E-state index in [-0.39, 0.29) is 5.95 Å². The lowest BCUT2D eigenvalue weighted by molar-refractivity contribution is -0.0999. The number of aliphatic hydroxyl groups excluding tert-OH is 5. The Labute approximate surface area is 178 Å². The van der Waals surface area contributed by atoms with Crippen LogP contribution in [0.1, 0.15) is 0 Å². The molecule has 14 nitrogen and oxygen atoms in total. The summed E-state index contributed by atoms with van der Waals surface area (Å²) < 4.78 is 10.7. The van der Waals surface area contributed by atoms with Gasteiger partial charge in [-0.1, -0.05) is 0 Å². The van der Waals surface area contributed by atoms with Gasteiger partial charge in [0.25, 0.3) is 0 Å². The summed E-state index contributed by atoms with van der Waals surface area (Å²) in [5, 5.41) is 51.5. The standard InChI is InChI=1S/C17H29N7O7/c25-10-12(27)14(29)13(28)11(26)9-18-22-15-19-16(23-1-5-30-6-2-23)21-17(20-15)24-3-7-31-8-4-24/h9,11-14,25-29H,1-8,10H2,(H,19,20,21,22)/b18-9-/t11-,12-,13+,14-/m0/s1. The van der Waals surface area contributed by atoms with E-state index in [1.165, 1.54) is 0 Å². The van der Waals surface area contributed by atoms with E-state index in [0.717, 1.165) is 6.21 Å². The van der Waals surface area contributed by atoms with Crippen LogP contribution in [0.25, 0.3) is 0 Å². The van der Waals surface area contributed by atoms with Crippen molar-refractivity contribution in [3.05, 3.63) is 0 Å². The average molecular weight is 443 g/mol. The fourth-order valence-corrected chi connectivity index (χ4v) is 3.01. The number of nitrogens with zero attached hydrogens (tertiary/aromatic N) is 6. The number of aliphatic hydroxyl groups is 5. The van der Waals surface area contributed by atoms with Gasteiger partial charge in [-0.2, -0.15) is 20.1 Å². The molecule has 2 saturated heterocycles. The third-order valence-corrected chi connectivity index (χ3v) is 4.87. The predicted octanol–water partition coefficient (Wildman–Crippen LogP) is -3.62. The summed E-state index contributed by atoms with van der Waals surface area (Å²) in [6.45, 7) is 4.00. The van der Waals surface area contributed by atoms with E-state index in [9.17, 15) is 20.4 Å². The summed E-state index contributed by atoms with van der Waals surface area (Å²) in [4.78, 5) is 17.2. The van der Waals surface area contributed by atoms with E-state index in [0.29, 0.717) is 64.5 Å². The topological polar surface area (TPSA) is 189 Å². The molecule has 6 N–H and O–H groups in total. The Bertz CT molecular complexity index is 680. The zero-order chi connectivity index (χ0) is 22.2. The Morgan fingerprint density at radius 3 is 1.87 bits per heavy atom. The van der Waals surface area contributed by atoms with Gasteiger partial charge in [0, 0.05) is 26.2 Å². The summed E-state index contributed by atoms with van der Waals surface area (Å²) in [7, 11) is 0. The molecule has 174 valence electrons. The summed E-state index contributed by atoms with van der Waals surface area (Å²) in [6, 6.07) is 0. The van der Waals surface area contributed by atoms with Crippen LogP contribution >= 0.6 is 0 Å². The quantitative estimate of drug-likeness (QED) is 0.162. The molecule has 2 aliphatic heterocycles. The average Bonchev–Trinajstić information content (AvgIpc) is 2.83. The molecule has 0 radical (unpaired) electrons. The van der Waals surface area contributed by atoms with Crippen LogP contribution in [0.5, 0.6) is 0 Å². The van der Waals surface area contributed by atoms with Crippen molar-refractivity contribution >= 4 is 24.1 Å². The third-order valence-electron chi connectivity index (χ3n) is 4.87. The third kappa shape index (κ3) is 6.39. The Balaban J connectivity index is 1.72. The van der Waals surface area contributed by atoms with Crippen LogP contribution in [0.2, 0.25) is 0 Å². The monoisotopic (exact) mass is 443 g/mol. The van der Waals surface area contributed by atoms with Gasteiger partial charge in [0.15, 0.2) is 0 Å². The van der Waals surface area contributed by atoms with E-state index in [1.54, 1.807) is 0 Å². The molecule has 0 bridgehead atoms. The largest absolute Gasteiger partial charge is 0.394 e. The lowest BCUT2D eigenvalue weighted by Crippen LogP contribution is -2.46. The number of ether oxygens (including phenoxy) is 2. The van der Waals surface area contributed by atoms with Crippen LogP contribution in [0.3, 0.4) is 0 Å². The molecule has 2 fully saturated rings. The van der Waals surface area contributed by atoms with Crippen molar-refractivity contribution in [2.75, 3.05) is 74.4 Å². The number of hydrogen-bond acceptors (Lipinski definition) is 14. The van der Waals surface area contributed by atoms with Gasteiger partial charge >= 0.3 is 0 Å². The van der Waals surface area contributed by atoms with Gasteiger partial charge in [0.1, 0.15) is 24.4 Å². The Kier molecular flexibility index (Phi) is 8.65. The highest BCUT2D eigenvalue weighted by molar-refractivity contribution is 5.64. The lowest BCUT2D eigenvalue weighted by atomic mass is 10.0. The van der Waals surface area contributed by atoms with Crippen molar-refractivity contribution in [2.24, 2.45) is 5.10 Å². The smallest absolute Gasteiger partial charge is 0.250 e. The van der Waals surface area contributed by atoms with Gasteiger partial charge in [-0.05, 0) is 0 Å². The molecule has 0 saturated carbocycles. The van der Waals surface area contributed by atoms with Crippen molar-refractivity contribution in [3.63, 3.8) is 0 Å². The predicted molar refractivity (Wildman–Crippen MR) is 109 cm³/mol. The fourth-order valence-electron chi connectivity index (χ4n) is 3.01. The zero-order valence-corrected chi connectivity index (χ0v) is 17.0. The van der Waals surface area contributed by atoms with Crippen LogP contribution in [0, 0.1) is 0 Å². The van der Waals surface area contributed by atoms with E-state index in [4.69, 9.17) is 14.6 Å². The molecule has 0 amide bonds. The minimum Gasteiger partial charge on any atom is -0.394 e. The molecule has 4 atom stereocenters. The van der Waals surface area contributed by atoms with Crippen LogP contribution in [-0.2, 0) is 9.47 Å². The maximum Gasteiger partial charge on any atom is 0.250 e. The highest BCUT2D eigenvalue weighted by atomic mass is 16.5. The Morgan fingerprint density at radius 1 is 0.871 bits per heavy atom. The number of aromatic nitrogens is 3. The first-order valence-electron chi connectivity index (χ1n) is 10.0. The zero-order valence-electron chi connectivity index (χ0n) is 17.0. The number of rotatable bonds is 9. The van der Waals surface area contributed by atoms with Gasteiger partial charge in [0.05, 0.1) is 39.2 Å². The van der Waals surface area contributed by atoms with Gasteiger partial charge in [-0.3, -0.25) is 0 Å². The molecule has 3 rings (SSSR count). The number of hydrogen-bond donors (Lipinski definition) is 6. The molecule has 1 aromatic rings. The molecule has 2 aliphatic rings. The summed E-state index contributed by atoms with van der Waals surface area (Å²) in [5.41, 5.74) is 2.60. The van der Waals surface area contributed by atoms with Crippen molar-refractivity contribution in [1.82, 2.24) is 15.0 Å². The van der Waals surface area contributed by atoms with Crippen LogP contribution in [0.4, 0.5) is 17.8 Å². The normalized spacial score (nSPS) is 21.7. The first-order valence-corrected chi connectivity index (χ1v) is 10.0. The van der Waals surface area contributed by atoms with E-state index >= 15 is 0 Å². The lowest BCUT2D eigenvalue weighted by Gasteiger charge is -2.30. The Hall–Kier alpha value is -2.20. The highest BCUT2D eigenvalue weighted by Crippen LogP contribution is 2.18. The molecule has 14 heteroatoms. The molecule has 1 aromatic heterocycles. The van der Waals surface area contributed by atoms with Gasteiger partial charge < -0.3 is 44.8 Å². The van der Waals surface area contributed by atoms with Crippen molar-refractivity contribution < 1.29 is 35.0 Å². The second-order valence-electron chi connectivity index (χ2n) is 7.07. The van der Waals surface area contributed by atoms with Crippen LogP contribution in [-0.4, -0.2) is 130 Å². The van der Waals surface area contributed by atoms with E-state index in [1.807, 2.05) is 9.80 Å². The summed E-state index contributed by atoms with van der Waals surface area (Å²) in [6.07, 6.45) is -5.77.